The summed E-state index contributed by atoms with van der Waals surface area (Å²) in [5.74, 6) is 0.222. The molecule has 0 aromatic heterocycles. The van der Waals surface area contributed by atoms with Crippen LogP contribution in [0.2, 0.25) is 0 Å². The van der Waals surface area contributed by atoms with Gasteiger partial charge < -0.3 is 15.0 Å². The summed E-state index contributed by atoms with van der Waals surface area (Å²) >= 11 is 0. The lowest BCUT2D eigenvalue weighted by molar-refractivity contribution is -0.118. The molecule has 1 aromatic carbocycles. The average Bonchev–Trinajstić information content (AvgIpc) is 2.29. The second-order valence-electron chi connectivity index (χ2n) is 4.43. The number of hydrogen-bond acceptors (Lipinski definition) is 3. The van der Waals surface area contributed by atoms with Gasteiger partial charge in [0.25, 0.3) is 0 Å². The van der Waals surface area contributed by atoms with Crippen molar-refractivity contribution in [2.75, 3.05) is 19.4 Å². The van der Waals surface area contributed by atoms with Crippen molar-refractivity contribution in [2.45, 2.75) is 13.8 Å². The largest absolute Gasteiger partial charge is 0.414 e. The van der Waals surface area contributed by atoms with E-state index in [9.17, 15) is 9.59 Å². The molecule has 98 valence electrons. The van der Waals surface area contributed by atoms with Gasteiger partial charge in [-0.25, -0.2) is 4.79 Å². The highest BCUT2D eigenvalue weighted by Gasteiger charge is 2.09. The van der Waals surface area contributed by atoms with Crippen molar-refractivity contribution in [3.05, 3.63) is 24.3 Å². The molecule has 0 aliphatic carbocycles. The predicted molar refractivity (Wildman–Crippen MR) is 69.6 cm³/mol. The van der Waals surface area contributed by atoms with Gasteiger partial charge in [-0.3, -0.25) is 4.79 Å². The molecule has 2 amide bonds. The molecule has 0 heterocycles. The minimum absolute atomic E-state index is 0.0777. The monoisotopic (exact) mass is 250 g/mol. The van der Waals surface area contributed by atoms with Gasteiger partial charge in [-0.2, -0.15) is 0 Å². The minimum Gasteiger partial charge on any atom is -0.410 e. The molecular weight excluding hydrogens is 232 g/mol. The summed E-state index contributed by atoms with van der Waals surface area (Å²) in [5.41, 5.74) is 0.609. The lowest BCUT2D eigenvalue weighted by Gasteiger charge is -2.12. The standard InChI is InChI=1S/C13H18N2O3/c1-9(2)12(16)14-10-6-5-7-11(8-10)18-13(17)15(3)4/h5-9H,1-4H3,(H,14,16). The second-order valence-corrected chi connectivity index (χ2v) is 4.43. The van der Waals surface area contributed by atoms with Crippen LogP contribution >= 0.6 is 0 Å². The van der Waals surface area contributed by atoms with Crippen LogP contribution in [0.3, 0.4) is 0 Å². The van der Waals surface area contributed by atoms with Crippen molar-refractivity contribution >= 4 is 17.7 Å². The third-order valence-electron chi connectivity index (χ3n) is 2.20. The number of rotatable bonds is 3. The highest BCUT2D eigenvalue weighted by atomic mass is 16.6. The van der Waals surface area contributed by atoms with Gasteiger partial charge in [0.1, 0.15) is 5.75 Å². The fourth-order valence-electron chi connectivity index (χ4n) is 1.12. The molecule has 5 nitrogen and oxygen atoms in total. The third kappa shape index (κ3) is 4.08. The van der Waals surface area contributed by atoms with Crippen LogP contribution in [0, 0.1) is 5.92 Å². The Hall–Kier alpha value is -2.04. The second kappa shape index (κ2) is 6.05. The predicted octanol–water partition coefficient (Wildman–Crippen LogP) is 2.34. The molecule has 0 fully saturated rings. The summed E-state index contributed by atoms with van der Waals surface area (Å²) in [4.78, 5) is 24.2. The van der Waals surface area contributed by atoms with Gasteiger partial charge in [0.05, 0.1) is 0 Å². The zero-order valence-corrected chi connectivity index (χ0v) is 11.1. The summed E-state index contributed by atoms with van der Waals surface area (Å²) < 4.78 is 5.09. The maximum atomic E-state index is 11.5. The number of hydrogen-bond donors (Lipinski definition) is 1. The van der Waals surface area contributed by atoms with E-state index in [1.54, 1.807) is 38.4 Å². The number of ether oxygens (including phenoxy) is 1. The smallest absolute Gasteiger partial charge is 0.410 e. The fraction of sp³-hybridized carbons (Fsp3) is 0.385. The number of anilines is 1. The van der Waals surface area contributed by atoms with Crippen LogP contribution in [0.4, 0.5) is 10.5 Å². The van der Waals surface area contributed by atoms with Crippen molar-refractivity contribution in [3.63, 3.8) is 0 Å². The Morgan fingerprint density at radius 1 is 1.28 bits per heavy atom. The van der Waals surface area contributed by atoms with Gasteiger partial charge in [-0.15, -0.1) is 0 Å². The number of carbonyl (C=O) groups is 2. The Morgan fingerprint density at radius 2 is 1.94 bits per heavy atom. The lowest BCUT2D eigenvalue weighted by Crippen LogP contribution is -2.25. The van der Waals surface area contributed by atoms with E-state index in [4.69, 9.17) is 4.74 Å². The zero-order valence-electron chi connectivity index (χ0n) is 11.1. The van der Waals surface area contributed by atoms with Crippen LogP contribution in [0.1, 0.15) is 13.8 Å². The Bertz CT molecular complexity index is 404. The summed E-state index contributed by atoms with van der Waals surface area (Å²) in [5, 5.41) is 2.74. The summed E-state index contributed by atoms with van der Waals surface area (Å²) in [6, 6.07) is 6.73. The van der Waals surface area contributed by atoms with Gasteiger partial charge in [-0.05, 0) is 12.1 Å². The van der Waals surface area contributed by atoms with Crippen molar-refractivity contribution < 1.29 is 14.3 Å². The zero-order chi connectivity index (χ0) is 13.7. The number of amides is 2. The van der Waals surface area contributed by atoms with Gasteiger partial charge in [0.15, 0.2) is 0 Å². The van der Waals surface area contributed by atoms with E-state index >= 15 is 0 Å². The quantitative estimate of drug-likeness (QED) is 0.895. The van der Waals surface area contributed by atoms with E-state index < -0.39 is 6.09 Å². The molecule has 5 heteroatoms. The van der Waals surface area contributed by atoms with Gasteiger partial charge in [-0.1, -0.05) is 19.9 Å². The minimum atomic E-state index is -0.456. The number of benzene rings is 1. The molecular formula is C13H18N2O3. The molecule has 0 spiro atoms. The van der Waals surface area contributed by atoms with E-state index in [1.165, 1.54) is 4.90 Å². The van der Waals surface area contributed by atoms with Crippen LogP contribution in [0.5, 0.6) is 5.75 Å². The molecule has 0 radical (unpaired) electrons. The summed E-state index contributed by atoms with van der Waals surface area (Å²) in [7, 11) is 3.21. The SMILES string of the molecule is CC(C)C(=O)Nc1cccc(OC(=O)N(C)C)c1. The lowest BCUT2D eigenvalue weighted by atomic mass is 10.2. The maximum Gasteiger partial charge on any atom is 0.414 e. The van der Waals surface area contributed by atoms with Gasteiger partial charge in [0.2, 0.25) is 5.91 Å². The Balaban J connectivity index is 2.74. The first-order valence-corrected chi connectivity index (χ1v) is 5.70. The first-order chi connectivity index (χ1) is 8.40. The van der Waals surface area contributed by atoms with Gasteiger partial charge in [0, 0.05) is 31.8 Å². The Morgan fingerprint density at radius 3 is 2.50 bits per heavy atom. The van der Waals surface area contributed by atoms with Crippen LogP contribution in [0.25, 0.3) is 0 Å². The summed E-state index contributed by atoms with van der Waals surface area (Å²) in [6.45, 7) is 3.62. The molecule has 0 unspecified atom stereocenters. The molecule has 1 rings (SSSR count). The number of carbonyl (C=O) groups excluding carboxylic acids is 2. The van der Waals surface area contributed by atoms with Crippen molar-refractivity contribution in [1.29, 1.82) is 0 Å². The molecule has 1 N–H and O–H groups in total. The number of nitrogens with one attached hydrogen (secondary N) is 1. The first kappa shape index (κ1) is 14.0. The van der Waals surface area contributed by atoms with Crippen LogP contribution in [0.15, 0.2) is 24.3 Å². The molecule has 0 saturated heterocycles. The van der Waals surface area contributed by atoms with Crippen molar-refractivity contribution in [2.24, 2.45) is 5.92 Å². The Kier molecular flexibility index (Phi) is 4.71. The molecule has 1 aromatic rings. The Labute approximate surface area is 107 Å². The normalized spacial score (nSPS) is 10.1. The highest BCUT2D eigenvalue weighted by Crippen LogP contribution is 2.18. The van der Waals surface area contributed by atoms with E-state index in [1.807, 2.05) is 13.8 Å². The van der Waals surface area contributed by atoms with Crippen molar-refractivity contribution in [3.8, 4) is 5.75 Å². The van der Waals surface area contributed by atoms with E-state index in [0.717, 1.165) is 0 Å². The van der Waals surface area contributed by atoms with Gasteiger partial charge >= 0.3 is 6.09 Å². The number of nitrogens with zero attached hydrogens (tertiary/aromatic N) is 1. The van der Waals surface area contributed by atoms with E-state index in [-0.39, 0.29) is 11.8 Å². The fourth-order valence-corrected chi connectivity index (χ4v) is 1.12. The first-order valence-electron chi connectivity index (χ1n) is 5.70. The highest BCUT2D eigenvalue weighted by molar-refractivity contribution is 5.92. The third-order valence-corrected chi connectivity index (χ3v) is 2.20. The van der Waals surface area contributed by atoms with E-state index in [2.05, 4.69) is 5.32 Å². The molecule has 0 atom stereocenters. The van der Waals surface area contributed by atoms with Crippen LogP contribution < -0.4 is 10.1 Å². The molecule has 0 aliphatic heterocycles. The topological polar surface area (TPSA) is 58.6 Å². The van der Waals surface area contributed by atoms with E-state index in [0.29, 0.717) is 11.4 Å². The summed E-state index contributed by atoms with van der Waals surface area (Å²) in [6.07, 6.45) is -0.456. The molecule has 0 saturated carbocycles. The maximum absolute atomic E-state index is 11.5. The molecule has 0 aliphatic rings. The van der Waals surface area contributed by atoms with Crippen LogP contribution in [-0.4, -0.2) is 31.0 Å². The molecule has 0 bridgehead atoms. The average molecular weight is 250 g/mol. The molecule has 18 heavy (non-hydrogen) atoms. The van der Waals surface area contributed by atoms with Crippen LogP contribution in [-0.2, 0) is 4.79 Å². The van der Waals surface area contributed by atoms with Crippen molar-refractivity contribution in [1.82, 2.24) is 4.90 Å².